The summed E-state index contributed by atoms with van der Waals surface area (Å²) in [5.74, 6) is -0.730. The number of carbonyl (C=O) groups excluding carboxylic acids is 2. The van der Waals surface area contributed by atoms with Crippen LogP contribution in [0.4, 0.5) is 4.79 Å². The summed E-state index contributed by atoms with van der Waals surface area (Å²) in [5.41, 5.74) is 2.93. The van der Waals surface area contributed by atoms with Gasteiger partial charge < -0.3 is 4.74 Å². The van der Waals surface area contributed by atoms with Crippen molar-refractivity contribution in [1.82, 2.24) is 0 Å². The second-order valence-electron chi connectivity index (χ2n) is 4.75. The Kier molecular flexibility index (Phi) is 6.68. The zero-order valence-electron chi connectivity index (χ0n) is 12.7. The van der Waals surface area contributed by atoms with Crippen molar-refractivity contribution in [3.63, 3.8) is 0 Å². The van der Waals surface area contributed by atoms with Crippen LogP contribution in [0.15, 0.2) is 12.1 Å². The minimum absolute atomic E-state index is 0.225. The lowest BCUT2D eigenvalue weighted by molar-refractivity contribution is -0.452. The molecule has 0 aromatic heterocycles. The SMILES string of the molecule is CCCCOC(=O)OOOC(=O)c1c(C)cc(C)cc1C. The zero-order chi connectivity index (χ0) is 15.8. The Hall–Kier alpha value is -2.08. The Morgan fingerprint density at radius 3 is 2.24 bits per heavy atom. The number of unbranched alkanes of at least 4 members (excludes halogenated alkanes) is 1. The van der Waals surface area contributed by atoms with Gasteiger partial charge in [0.25, 0.3) is 0 Å². The third-order valence-corrected chi connectivity index (χ3v) is 2.81. The lowest BCUT2D eigenvalue weighted by Gasteiger charge is -2.09. The van der Waals surface area contributed by atoms with E-state index in [-0.39, 0.29) is 6.61 Å². The van der Waals surface area contributed by atoms with Crippen molar-refractivity contribution in [3.8, 4) is 0 Å². The maximum absolute atomic E-state index is 11.9. The molecule has 0 saturated carbocycles. The van der Waals surface area contributed by atoms with Crippen molar-refractivity contribution in [2.75, 3.05) is 6.61 Å². The largest absolute Gasteiger partial charge is 0.543 e. The van der Waals surface area contributed by atoms with E-state index in [2.05, 4.69) is 19.6 Å². The van der Waals surface area contributed by atoms with Crippen molar-refractivity contribution in [3.05, 3.63) is 34.4 Å². The quantitative estimate of drug-likeness (QED) is 0.346. The lowest BCUT2D eigenvalue weighted by Crippen LogP contribution is -2.14. The highest BCUT2D eigenvalue weighted by molar-refractivity contribution is 5.92. The van der Waals surface area contributed by atoms with E-state index in [0.717, 1.165) is 29.5 Å². The van der Waals surface area contributed by atoms with Crippen LogP contribution in [0, 0.1) is 20.8 Å². The van der Waals surface area contributed by atoms with Crippen molar-refractivity contribution in [1.29, 1.82) is 0 Å². The van der Waals surface area contributed by atoms with Crippen LogP contribution in [0.3, 0.4) is 0 Å². The molecule has 0 heterocycles. The fourth-order valence-corrected chi connectivity index (χ4v) is 1.94. The minimum atomic E-state index is -1.05. The first kappa shape index (κ1) is 17.0. The minimum Gasteiger partial charge on any atom is -0.432 e. The predicted molar refractivity (Wildman–Crippen MR) is 74.5 cm³/mol. The second-order valence-corrected chi connectivity index (χ2v) is 4.75. The van der Waals surface area contributed by atoms with Crippen molar-refractivity contribution < 1.29 is 29.1 Å². The van der Waals surface area contributed by atoms with E-state index < -0.39 is 12.1 Å². The van der Waals surface area contributed by atoms with Crippen LogP contribution in [0.2, 0.25) is 0 Å². The van der Waals surface area contributed by atoms with Gasteiger partial charge in [-0.3, -0.25) is 4.89 Å². The number of hydrogen-bond donors (Lipinski definition) is 0. The Labute approximate surface area is 123 Å². The fraction of sp³-hybridized carbons (Fsp3) is 0.467. The molecule has 0 aliphatic rings. The average molecular weight is 296 g/mol. The van der Waals surface area contributed by atoms with Gasteiger partial charge in [0.1, 0.15) is 0 Å². The highest BCUT2D eigenvalue weighted by atomic mass is 17.5. The molecule has 0 bridgehead atoms. The predicted octanol–water partition coefficient (Wildman–Crippen LogP) is 3.57. The first-order chi connectivity index (χ1) is 9.95. The normalized spacial score (nSPS) is 10.1. The molecule has 0 aliphatic carbocycles. The molecule has 0 fully saturated rings. The molecule has 6 heteroatoms. The molecule has 0 amide bonds. The van der Waals surface area contributed by atoms with E-state index in [1.165, 1.54) is 0 Å². The summed E-state index contributed by atoms with van der Waals surface area (Å²) in [6, 6.07) is 3.70. The first-order valence-corrected chi connectivity index (χ1v) is 6.75. The van der Waals surface area contributed by atoms with E-state index in [1.807, 2.05) is 26.0 Å². The third-order valence-electron chi connectivity index (χ3n) is 2.81. The summed E-state index contributed by atoms with van der Waals surface area (Å²) >= 11 is 0. The summed E-state index contributed by atoms with van der Waals surface area (Å²) in [4.78, 5) is 31.5. The van der Waals surface area contributed by atoms with Gasteiger partial charge in [0.2, 0.25) is 0 Å². The van der Waals surface area contributed by atoms with Gasteiger partial charge in [0, 0.05) is 0 Å². The van der Waals surface area contributed by atoms with Gasteiger partial charge in [-0.1, -0.05) is 31.0 Å². The smallest absolute Gasteiger partial charge is 0.432 e. The van der Waals surface area contributed by atoms with Crippen molar-refractivity contribution in [2.45, 2.75) is 40.5 Å². The van der Waals surface area contributed by atoms with E-state index in [9.17, 15) is 9.59 Å². The molecule has 0 saturated heterocycles. The topological polar surface area (TPSA) is 71.1 Å². The zero-order valence-corrected chi connectivity index (χ0v) is 12.7. The van der Waals surface area contributed by atoms with Crippen LogP contribution >= 0.6 is 0 Å². The lowest BCUT2D eigenvalue weighted by atomic mass is 10.0. The Balaban J connectivity index is 2.46. The van der Waals surface area contributed by atoms with Crippen LogP contribution < -0.4 is 0 Å². The highest BCUT2D eigenvalue weighted by Gasteiger charge is 2.17. The molecule has 1 aromatic carbocycles. The molecule has 0 atom stereocenters. The number of aryl methyl sites for hydroxylation is 3. The van der Waals surface area contributed by atoms with Crippen LogP contribution in [0.25, 0.3) is 0 Å². The average Bonchev–Trinajstić information content (AvgIpc) is 2.37. The van der Waals surface area contributed by atoms with Crippen molar-refractivity contribution >= 4 is 12.1 Å². The van der Waals surface area contributed by atoms with Crippen LogP contribution in [-0.4, -0.2) is 18.7 Å². The Morgan fingerprint density at radius 1 is 1.05 bits per heavy atom. The molecule has 0 aliphatic heterocycles. The Bertz CT molecular complexity index is 486. The van der Waals surface area contributed by atoms with Gasteiger partial charge in [-0.05, 0) is 38.3 Å². The summed E-state index contributed by atoms with van der Waals surface area (Å²) in [5, 5.41) is 4.16. The van der Waals surface area contributed by atoms with Gasteiger partial charge >= 0.3 is 12.1 Å². The molecule has 0 radical (unpaired) electrons. The van der Waals surface area contributed by atoms with E-state index >= 15 is 0 Å². The number of hydrogen-bond acceptors (Lipinski definition) is 6. The molecule has 6 nitrogen and oxygen atoms in total. The van der Waals surface area contributed by atoms with Gasteiger partial charge in [0.15, 0.2) is 0 Å². The van der Waals surface area contributed by atoms with E-state index in [1.54, 1.807) is 13.8 Å². The second kappa shape index (κ2) is 8.26. The summed E-state index contributed by atoms with van der Waals surface area (Å²) in [7, 11) is 0. The maximum atomic E-state index is 11.9. The molecule has 1 rings (SSSR count). The summed E-state index contributed by atoms with van der Waals surface area (Å²) < 4.78 is 4.66. The van der Waals surface area contributed by atoms with Crippen LogP contribution in [0.5, 0.6) is 0 Å². The number of rotatable bonds is 6. The molecule has 1 aromatic rings. The Morgan fingerprint density at radius 2 is 1.67 bits per heavy atom. The highest BCUT2D eigenvalue weighted by Crippen LogP contribution is 2.17. The van der Waals surface area contributed by atoms with Gasteiger partial charge in [-0.2, -0.15) is 0 Å². The molecule has 0 unspecified atom stereocenters. The van der Waals surface area contributed by atoms with Gasteiger partial charge in [-0.25, -0.2) is 14.5 Å². The summed E-state index contributed by atoms with van der Waals surface area (Å²) in [6.45, 7) is 7.69. The van der Waals surface area contributed by atoms with E-state index in [4.69, 9.17) is 0 Å². The monoisotopic (exact) mass is 296 g/mol. The molecular weight excluding hydrogens is 276 g/mol. The number of carbonyl (C=O) groups is 2. The summed E-state index contributed by atoms with van der Waals surface area (Å²) in [6.07, 6.45) is 0.555. The van der Waals surface area contributed by atoms with Crippen molar-refractivity contribution in [2.24, 2.45) is 0 Å². The molecule has 0 spiro atoms. The van der Waals surface area contributed by atoms with E-state index in [0.29, 0.717) is 5.56 Å². The molecule has 0 N–H and O–H groups in total. The number of ether oxygens (including phenoxy) is 1. The third kappa shape index (κ3) is 5.43. The first-order valence-electron chi connectivity index (χ1n) is 6.75. The van der Waals surface area contributed by atoms with Gasteiger partial charge in [0.05, 0.1) is 17.2 Å². The van der Waals surface area contributed by atoms with Crippen LogP contribution in [0.1, 0.15) is 46.8 Å². The number of benzene rings is 1. The van der Waals surface area contributed by atoms with Gasteiger partial charge in [-0.15, -0.1) is 0 Å². The molecule has 21 heavy (non-hydrogen) atoms. The molecule has 116 valence electrons. The molecular formula is C15H20O6. The maximum Gasteiger partial charge on any atom is 0.543 e. The van der Waals surface area contributed by atoms with Crippen LogP contribution in [-0.2, 0) is 19.6 Å². The fourth-order valence-electron chi connectivity index (χ4n) is 1.94. The standard InChI is InChI=1S/C15H20O6/c1-5-6-7-18-15(17)20-21-19-14(16)13-11(3)8-10(2)9-12(13)4/h8-9H,5-7H2,1-4H3.